The van der Waals surface area contributed by atoms with Crippen LogP contribution in [0.2, 0.25) is 5.15 Å². The largest absolute Gasteiger partial charge is 0.390 e. The minimum absolute atomic E-state index is 0.490. The number of pyridine rings is 2. The van der Waals surface area contributed by atoms with E-state index in [1.165, 1.54) is 6.34 Å². The molecule has 0 saturated heterocycles. The highest BCUT2D eigenvalue weighted by molar-refractivity contribution is 7.17. The summed E-state index contributed by atoms with van der Waals surface area (Å²) in [6, 6.07) is 7.52. The number of nitrogens with two attached hydrogens (primary N) is 1. The Balaban J connectivity index is 2.10. The van der Waals surface area contributed by atoms with Crippen molar-refractivity contribution in [2.75, 3.05) is 0 Å². The van der Waals surface area contributed by atoms with Gasteiger partial charge in [0.05, 0.1) is 16.6 Å². The van der Waals surface area contributed by atoms with Gasteiger partial charge in [-0.15, -0.1) is 11.3 Å². The Kier molecular flexibility index (Phi) is 3.15. The Labute approximate surface area is 118 Å². The number of nitrogens with zero attached hydrogens (tertiary/aromatic N) is 3. The summed E-state index contributed by atoms with van der Waals surface area (Å²) < 4.78 is 1.10. The minimum Gasteiger partial charge on any atom is -0.390 e. The van der Waals surface area contributed by atoms with Crippen molar-refractivity contribution in [2.24, 2.45) is 10.7 Å². The zero-order valence-electron chi connectivity index (χ0n) is 9.75. The molecule has 0 unspecified atom stereocenters. The molecule has 0 spiro atoms. The molecule has 4 nitrogen and oxygen atoms in total. The average molecular weight is 289 g/mol. The Morgan fingerprint density at radius 2 is 2.16 bits per heavy atom. The molecular weight excluding hydrogens is 280 g/mol. The van der Waals surface area contributed by atoms with Crippen LogP contribution in [0.4, 0.5) is 5.82 Å². The number of halogens is 1. The van der Waals surface area contributed by atoms with Crippen molar-refractivity contribution >= 4 is 45.3 Å². The predicted molar refractivity (Wildman–Crippen MR) is 80.2 cm³/mol. The monoisotopic (exact) mass is 288 g/mol. The van der Waals surface area contributed by atoms with Gasteiger partial charge in [-0.2, -0.15) is 0 Å². The zero-order valence-corrected chi connectivity index (χ0v) is 11.3. The van der Waals surface area contributed by atoms with E-state index in [0.29, 0.717) is 11.0 Å². The standard InChI is InChI=1S/C13H9ClN4S/c14-11-3-2-10-13(18-11)9(6-19-10)8-1-4-12(16-5-8)17-7-15/h1-7H,(H2,15,16,17). The first-order valence-electron chi connectivity index (χ1n) is 5.52. The first-order chi connectivity index (χ1) is 9.28. The molecule has 6 heteroatoms. The third kappa shape index (κ3) is 2.30. The van der Waals surface area contributed by atoms with E-state index in [0.717, 1.165) is 21.3 Å². The minimum atomic E-state index is 0.490. The maximum absolute atomic E-state index is 5.95. The maximum Gasteiger partial charge on any atom is 0.153 e. The molecule has 0 fully saturated rings. The highest BCUT2D eigenvalue weighted by Gasteiger charge is 2.08. The van der Waals surface area contributed by atoms with Crippen LogP contribution in [-0.2, 0) is 0 Å². The lowest BCUT2D eigenvalue weighted by atomic mass is 10.1. The molecule has 0 bridgehead atoms. The molecule has 0 aliphatic carbocycles. The number of aliphatic imine (C=N–C) groups is 1. The van der Waals surface area contributed by atoms with Gasteiger partial charge in [0.25, 0.3) is 0 Å². The second kappa shape index (κ2) is 4.95. The van der Waals surface area contributed by atoms with Gasteiger partial charge >= 0.3 is 0 Å². The van der Waals surface area contributed by atoms with Crippen LogP contribution in [0.1, 0.15) is 0 Å². The van der Waals surface area contributed by atoms with Gasteiger partial charge in [-0.3, -0.25) is 0 Å². The van der Waals surface area contributed by atoms with Crippen LogP contribution in [-0.4, -0.2) is 16.3 Å². The molecule has 0 saturated carbocycles. The van der Waals surface area contributed by atoms with Crippen molar-refractivity contribution in [3.8, 4) is 11.1 Å². The van der Waals surface area contributed by atoms with Crippen molar-refractivity contribution in [2.45, 2.75) is 0 Å². The van der Waals surface area contributed by atoms with E-state index in [1.807, 2.05) is 18.2 Å². The van der Waals surface area contributed by atoms with E-state index in [9.17, 15) is 0 Å². The van der Waals surface area contributed by atoms with Crippen LogP contribution in [0.15, 0.2) is 40.8 Å². The Morgan fingerprint density at radius 1 is 1.26 bits per heavy atom. The fourth-order valence-corrected chi connectivity index (χ4v) is 2.85. The Bertz CT molecular complexity index is 749. The molecule has 0 atom stereocenters. The number of thiophene rings is 1. The van der Waals surface area contributed by atoms with Crippen molar-refractivity contribution in [1.82, 2.24) is 9.97 Å². The normalized spacial score (nSPS) is 11.4. The molecule has 19 heavy (non-hydrogen) atoms. The average Bonchev–Trinajstić information content (AvgIpc) is 2.83. The summed E-state index contributed by atoms with van der Waals surface area (Å²) in [6.07, 6.45) is 2.98. The van der Waals surface area contributed by atoms with Gasteiger partial charge < -0.3 is 5.73 Å². The summed E-state index contributed by atoms with van der Waals surface area (Å²) >= 11 is 7.58. The molecule has 0 amide bonds. The third-order valence-corrected chi connectivity index (χ3v) is 3.80. The van der Waals surface area contributed by atoms with Crippen molar-refractivity contribution in [3.05, 3.63) is 41.0 Å². The lowest BCUT2D eigenvalue weighted by Crippen LogP contribution is -1.87. The fraction of sp³-hybridized carbons (Fsp3) is 0. The number of hydrogen-bond acceptors (Lipinski definition) is 4. The molecule has 0 aliphatic heterocycles. The van der Waals surface area contributed by atoms with E-state index >= 15 is 0 Å². The summed E-state index contributed by atoms with van der Waals surface area (Å²) in [7, 11) is 0. The van der Waals surface area contributed by atoms with E-state index in [1.54, 1.807) is 23.6 Å². The molecule has 0 aromatic carbocycles. The maximum atomic E-state index is 5.95. The molecular formula is C13H9ClN4S. The Hall–Kier alpha value is -1.98. The summed E-state index contributed by atoms with van der Waals surface area (Å²) in [4.78, 5) is 12.5. The quantitative estimate of drug-likeness (QED) is 0.445. The lowest BCUT2D eigenvalue weighted by molar-refractivity contribution is 1.28. The molecule has 0 aliphatic rings. The van der Waals surface area contributed by atoms with Gasteiger partial charge in [0.15, 0.2) is 5.82 Å². The van der Waals surface area contributed by atoms with E-state index < -0.39 is 0 Å². The molecule has 3 heterocycles. The highest BCUT2D eigenvalue weighted by Crippen LogP contribution is 2.33. The molecule has 94 valence electrons. The second-order valence-electron chi connectivity index (χ2n) is 3.81. The third-order valence-electron chi connectivity index (χ3n) is 2.65. The van der Waals surface area contributed by atoms with Gasteiger partial charge in [-0.25, -0.2) is 15.0 Å². The highest BCUT2D eigenvalue weighted by atomic mass is 35.5. The van der Waals surface area contributed by atoms with Crippen molar-refractivity contribution < 1.29 is 0 Å². The summed E-state index contributed by atoms with van der Waals surface area (Å²) in [5, 5.41) is 2.54. The molecule has 3 aromatic heterocycles. The van der Waals surface area contributed by atoms with Crippen LogP contribution in [0, 0.1) is 0 Å². The van der Waals surface area contributed by atoms with Crippen molar-refractivity contribution in [1.29, 1.82) is 0 Å². The second-order valence-corrected chi connectivity index (χ2v) is 5.11. The number of aromatic nitrogens is 2. The van der Waals surface area contributed by atoms with Crippen LogP contribution in [0.5, 0.6) is 0 Å². The number of fused-ring (bicyclic) bond motifs is 1. The van der Waals surface area contributed by atoms with Gasteiger partial charge in [0.1, 0.15) is 5.15 Å². The smallest absolute Gasteiger partial charge is 0.153 e. The summed E-state index contributed by atoms with van der Waals surface area (Å²) in [5.41, 5.74) is 8.14. The Morgan fingerprint density at radius 3 is 2.89 bits per heavy atom. The first-order valence-corrected chi connectivity index (χ1v) is 6.78. The predicted octanol–water partition coefficient (Wildman–Crippen LogP) is 3.63. The van der Waals surface area contributed by atoms with E-state index in [4.69, 9.17) is 17.3 Å². The summed E-state index contributed by atoms with van der Waals surface area (Å²) in [5.74, 6) is 0.580. The van der Waals surface area contributed by atoms with Crippen LogP contribution in [0.3, 0.4) is 0 Å². The molecule has 0 radical (unpaired) electrons. The molecule has 3 rings (SSSR count). The van der Waals surface area contributed by atoms with Crippen LogP contribution in [0.25, 0.3) is 21.3 Å². The van der Waals surface area contributed by atoms with Gasteiger partial charge in [0.2, 0.25) is 0 Å². The topological polar surface area (TPSA) is 64.2 Å². The van der Waals surface area contributed by atoms with Crippen LogP contribution >= 0.6 is 22.9 Å². The zero-order chi connectivity index (χ0) is 13.2. The number of rotatable bonds is 2. The lowest BCUT2D eigenvalue weighted by Gasteiger charge is -2.00. The fourth-order valence-electron chi connectivity index (χ4n) is 1.79. The first kappa shape index (κ1) is 12.1. The van der Waals surface area contributed by atoms with Gasteiger partial charge in [-0.1, -0.05) is 11.6 Å². The molecule has 3 aromatic rings. The summed E-state index contributed by atoms with van der Waals surface area (Å²) in [6.45, 7) is 0. The van der Waals surface area contributed by atoms with Gasteiger partial charge in [0, 0.05) is 22.7 Å². The van der Waals surface area contributed by atoms with E-state index in [-0.39, 0.29) is 0 Å². The van der Waals surface area contributed by atoms with Crippen molar-refractivity contribution in [3.63, 3.8) is 0 Å². The number of hydrogen-bond donors (Lipinski definition) is 1. The molecule has 2 N–H and O–H groups in total. The SMILES string of the molecule is NC=Nc1ccc(-c2csc3ccc(Cl)nc23)cn1. The van der Waals surface area contributed by atoms with Crippen LogP contribution < -0.4 is 5.73 Å². The van der Waals surface area contributed by atoms with Gasteiger partial charge in [-0.05, 0) is 24.3 Å². The van der Waals surface area contributed by atoms with E-state index in [2.05, 4.69) is 20.3 Å².